The molecular weight excluding hydrogens is 324 g/mol. The van der Waals surface area contributed by atoms with Gasteiger partial charge in [0.15, 0.2) is 11.6 Å². The molecule has 0 aromatic carbocycles. The van der Waals surface area contributed by atoms with Crippen molar-refractivity contribution in [2.24, 2.45) is 0 Å². The van der Waals surface area contributed by atoms with Crippen molar-refractivity contribution in [3.05, 3.63) is 35.9 Å². The van der Waals surface area contributed by atoms with Gasteiger partial charge in [0, 0.05) is 45.9 Å². The van der Waals surface area contributed by atoms with Gasteiger partial charge in [-0.2, -0.15) is 4.98 Å². The van der Waals surface area contributed by atoms with E-state index in [4.69, 9.17) is 8.94 Å². The number of carbonyl (C=O) groups is 2. The molecule has 0 spiro atoms. The summed E-state index contributed by atoms with van der Waals surface area (Å²) >= 11 is 0. The summed E-state index contributed by atoms with van der Waals surface area (Å²) in [5.74, 6) is 1.28. The lowest BCUT2D eigenvalue weighted by Gasteiger charge is -2.38. The Bertz CT molecular complexity index is 725. The average molecular weight is 346 g/mol. The first-order chi connectivity index (χ1) is 12.0. The Labute approximate surface area is 145 Å². The first-order valence-electron chi connectivity index (χ1n) is 8.44. The average Bonchev–Trinajstić information content (AvgIpc) is 3.26. The van der Waals surface area contributed by atoms with Crippen molar-refractivity contribution < 1.29 is 18.5 Å². The summed E-state index contributed by atoms with van der Waals surface area (Å²) in [5.41, 5.74) is 0. The van der Waals surface area contributed by atoms with Crippen LogP contribution in [-0.2, 0) is 11.2 Å². The molecule has 2 aromatic rings. The molecule has 0 saturated carbocycles. The summed E-state index contributed by atoms with van der Waals surface area (Å²) in [4.78, 5) is 32.3. The van der Waals surface area contributed by atoms with Gasteiger partial charge < -0.3 is 18.7 Å². The fourth-order valence-corrected chi connectivity index (χ4v) is 3.21. The van der Waals surface area contributed by atoms with Crippen LogP contribution in [0.1, 0.15) is 42.0 Å². The monoisotopic (exact) mass is 346 g/mol. The van der Waals surface area contributed by atoms with Gasteiger partial charge in [-0.1, -0.05) is 5.16 Å². The van der Waals surface area contributed by atoms with E-state index in [1.165, 1.54) is 6.26 Å². The number of furan rings is 1. The molecule has 3 rings (SSSR count). The number of carbonyl (C=O) groups excluding carboxylic acids is 2. The number of hydrogen-bond acceptors (Lipinski definition) is 6. The molecule has 0 bridgehead atoms. The Morgan fingerprint density at radius 3 is 2.92 bits per heavy atom. The number of aromatic nitrogens is 2. The quantitative estimate of drug-likeness (QED) is 0.817. The standard InChI is InChI=1S/C17H22N4O4/c1-12-18-16(19-25-12)7-9-21(13(2)22)14-5-3-8-20(11-14)17(23)15-6-4-10-24-15/h4,6,10,14H,3,5,7-9,11H2,1-2H3. The highest BCUT2D eigenvalue weighted by Gasteiger charge is 2.30. The van der Waals surface area contributed by atoms with Crippen LogP contribution in [0.3, 0.4) is 0 Å². The number of nitrogens with zero attached hydrogens (tertiary/aromatic N) is 4. The predicted molar refractivity (Wildman–Crippen MR) is 87.8 cm³/mol. The number of rotatable bonds is 5. The molecule has 1 saturated heterocycles. The summed E-state index contributed by atoms with van der Waals surface area (Å²) in [6.45, 7) is 4.96. The van der Waals surface area contributed by atoms with Crippen LogP contribution in [0.2, 0.25) is 0 Å². The van der Waals surface area contributed by atoms with Crippen LogP contribution in [0.5, 0.6) is 0 Å². The van der Waals surface area contributed by atoms with E-state index in [-0.39, 0.29) is 17.9 Å². The highest BCUT2D eigenvalue weighted by atomic mass is 16.5. The highest BCUT2D eigenvalue weighted by Crippen LogP contribution is 2.19. The molecular formula is C17H22N4O4. The fraction of sp³-hybridized carbons (Fsp3) is 0.529. The molecule has 0 aliphatic carbocycles. The van der Waals surface area contributed by atoms with E-state index < -0.39 is 0 Å². The lowest BCUT2D eigenvalue weighted by atomic mass is 10.0. The highest BCUT2D eigenvalue weighted by molar-refractivity contribution is 5.91. The van der Waals surface area contributed by atoms with Crippen LogP contribution in [-0.4, -0.2) is 57.4 Å². The van der Waals surface area contributed by atoms with Gasteiger partial charge >= 0.3 is 0 Å². The summed E-state index contributed by atoms with van der Waals surface area (Å²) in [5, 5.41) is 3.87. The van der Waals surface area contributed by atoms with Crippen molar-refractivity contribution in [3.8, 4) is 0 Å². The molecule has 1 aliphatic rings. The normalized spacial score (nSPS) is 17.5. The SMILES string of the molecule is CC(=O)N(CCc1noc(C)n1)C1CCCN(C(=O)c2ccco2)C1. The maximum Gasteiger partial charge on any atom is 0.289 e. The number of aryl methyl sites for hydroxylation is 1. The van der Waals surface area contributed by atoms with Crippen LogP contribution in [0.15, 0.2) is 27.3 Å². The van der Waals surface area contributed by atoms with E-state index in [1.807, 2.05) is 0 Å². The third-order valence-corrected chi connectivity index (χ3v) is 4.41. The lowest BCUT2D eigenvalue weighted by molar-refractivity contribution is -0.132. The molecule has 3 heterocycles. The van der Waals surface area contributed by atoms with E-state index in [0.29, 0.717) is 43.5 Å². The second-order valence-electron chi connectivity index (χ2n) is 6.22. The smallest absolute Gasteiger partial charge is 0.289 e. The molecule has 8 heteroatoms. The van der Waals surface area contributed by atoms with E-state index in [1.54, 1.807) is 35.8 Å². The predicted octanol–water partition coefficient (Wildman–Crippen LogP) is 1.67. The number of amides is 2. The van der Waals surface area contributed by atoms with Crippen molar-refractivity contribution in [1.82, 2.24) is 19.9 Å². The number of piperidine rings is 1. The molecule has 1 fully saturated rings. The zero-order chi connectivity index (χ0) is 17.8. The van der Waals surface area contributed by atoms with Crippen LogP contribution < -0.4 is 0 Å². The molecule has 1 aliphatic heterocycles. The molecule has 2 amide bonds. The maximum absolute atomic E-state index is 12.5. The van der Waals surface area contributed by atoms with Crippen molar-refractivity contribution in [2.45, 2.75) is 39.2 Å². The first kappa shape index (κ1) is 17.2. The minimum absolute atomic E-state index is 0.0156. The number of hydrogen-bond donors (Lipinski definition) is 0. The topological polar surface area (TPSA) is 92.7 Å². The molecule has 2 aromatic heterocycles. The van der Waals surface area contributed by atoms with Gasteiger partial charge in [0.25, 0.3) is 5.91 Å². The second kappa shape index (κ2) is 7.50. The van der Waals surface area contributed by atoms with Gasteiger partial charge in [-0.15, -0.1) is 0 Å². The van der Waals surface area contributed by atoms with Gasteiger partial charge in [0.05, 0.1) is 6.26 Å². The summed E-state index contributed by atoms with van der Waals surface area (Å²) < 4.78 is 10.2. The minimum atomic E-state index is -0.132. The van der Waals surface area contributed by atoms with Crippen LogP contribution in [0.4, 0.5) is 0 Å². The van der Waals surface area contributed by atoms with E-state index in [0.717, 1.165) is 12.8 Å². The largest absolute Gasteiger partial charge is 0.459 e. The van der Waals surface area contributed by atoms with Crippen LogP contribution in [0, 0.1) is 6.92 Å². The zero-order valence-electron chi connectivity index (χ0n) is 14.5. The molecule has 8 nitrogen and oxygen atoms in total. The molecule has 1 unspecified atom stereocenters. The summed E-state index contributed by atoms with van der Waals surface area (Å²) in [7, 11) is 0. The van der Waals surface area contributed by atoms with Crippen LogP contribution in [0.25, 0.3) is 0 Å². The van der Waals surface area contributed by atoms with E-state index in [9.17, 15) is 9.59 Å². The minimum Gasteiger partial charge on any atom is -0.459 e. The Balaban J connectivity index is 1.64. The van der Waals surface area contributed by atoms with Crippen molar-refractivity contribution in [1.29, 1.82) is 0 Å². The second-order valence-corrected chi connectivity index (χ2v) is 6.22. The Kier molecular flexibility index (Phi) is 5.16. The fourth-order valence-electron chi connectivity index (χ4n) is 3.21. The van der Waals surface area contributed by atoms with Gasteiger partial charge in [-0.05, 0) is 25.0 Å². The van der Waals surface area contributed by atoms with Crippen molar-refractivity contribution >= 4 is 11.8 Å². The Morgan fingerprint density at radius 2 is 2.28 bits per heavy atom. The Hall–Kier alpha value is -2.64. The van der Waals surface area contributed by atoms with Gasteiger partial charge in [-0.3, -0.25) is 9.59 Å². The van der Waals surface area contributed by atoms with Gasteiger partial charge in [0.1, 0.15) is 0 Å². The van der Waals surface area contributed by atoms with Crippen LogP contribution >= 0.6 is 0 Å². The maximum atomic E-state index is 12.5. The molecule has 0 radical (unpaired) electrons. The van der Waals surface area contributed by atoms with E-state index in [2.05, 4.69) is 10.1 Å². The number of likely N-dealkylation sites (tertiary alicyclic amines) is 1. The summed E-state index contributed by atoms with van der Waals surface area (Å²) in [6, 6.07) is 3.34. The molecule has 134 valence electrons. The first-order valence-corrected chi connectivity index (χ1v) is 8.44. The third-order valence-electron chi connectivity index (χ3n) is 4.41. The Morgan fingerprint density at radius 1 is 1.44 bits per heavy atom. The lowest BCUT2D eigenvalue weighted by Crippen LogP contribution is -2.51. The van der Waals surface area contributed by atoms with Gasteiger partial charge in [0.2, 0.25) is 11.8 Å². The van der Waals surface area contributed by atoms with Crippen molar-refractivity contribution in [3.63, 3.8) is 0 Å². The van der Waals surface area contributed by atoms with Gasteiger partial charge in [-0.25, -0.2) is 0 Å². The molecule has 25 heavy (non-hydrogen) atoms. The summed E-state index contributed by atoms with van der Waals surface area (Å²) in [6.07, 6.45) is 3.73. The molecule has 0 N–H and O–H groups in total. The van der Waals surface area contributed by atoms with E-state index >= 15 is 0 Å². The molecule has 1 atom stereocenters. The zero-order valence-corrected chi connectivity index (χ0v) is 14.5. The third kappa shape index (κ3) is 4.07. The van der Waals surface area contributed by atoms with Crippen molar-refractivity contribution in [2.75, 3.05) is 19.6 Å².